The molecule has 4 rings (SSSR count). The lowest BCUT2D eigenvalue weighted by molar-refractivity contribution is -0.274. The van der Waals surface area contributed by atoms with Gasteiger partial charge in [0.05, 0.1) is 0 Å². The molecule has 0 bridgehead atoms. The Morgan fingerprint density at radius 3 is 2.64 bits per heavy atom. The summed E-state index contributed by atoms with van der Waals surface area (Å²) >= 11 is 0. The maximum atomic E-state index is 12.8. The second-order valence-electron chi connectivity index (χ2n) is 7.51. The molecule has 0 spiro atoms. The summed E-state index contributed by atoms with van der Waals surface area (Å²) in [5.41, 5.74) is 3.41. The smallest absolute Gasteiger partial charge is 0.405 e. The molecule has 11 heteroatoms. The number of nitrogens with zero attached hydrogens (tertiary/aromatic N) is 4. The molecule has 0 saturated carbocycles. The number of hydrogen-bond donors (Lipinski definition) is 2. The molecule has 0 aliphatic carbocycles. The molecule has 0 unspecified atom stereocenters. The Hall–Kier alpha value is -3.89. The molecule has 0 radical (unpaired) electrons. The zero-order valence-corrected chi connectivity index (χ0v) is 17.9. The molecule has 1 aromatic heterocycles. The minimum Gasteiger partial charge on any atom is -0.405 e. The molecule has 172 valence electrons. The highest BCUT2D eigenvalue weighted by molar-refractivity contribution is 5.90. The van der Waals surface area contributed by atoms with E-state index in [0.717, 1.165) is 11.1 Å². The second kappa shape index (κ2) is 8.93. The number of benzene rings is 2. The number of carbonyl (C=O) groups is 1. The highest BCUT2D eigenvalue weighted by Gasteiger charge is 2.33. The molecule has 3 aromatic rings. The summed E-state index contributed by atoms with van der Waals surface area (Å²) in [5.74, 6) is 0.198. The van der Waals surface area contributed by atoms with Gasteiger partial charge < -0.3 is 20.3 Å². The van der Waals surface area contributed by atoms with Crippen LogP contribution in [-0.2, 0) is 17.8 Å². The summed E-state index contributed by atoms with van der Waals surface area (Å²) in [7, 11) is 0. The highest BCUT2D eigenvalue weighted by atomic mass is 19.4. The maximum Gasteiger partial charge on any atom is 0.573 e. The first-order valence-corrected chi connectivity index (χ1v) is 10.1. The third kappa shape index (κ3) is 5.30. The van der Waals surface area contributed by atoms with Gasteiger partial charge in [-0.3, -0.25) is 4.79 Å². The number of halogens is 3. The van der Waals surface area contributed by atoms with Gasteiger partial charge in [0.15, 0.2) is 0 Å². The number of aromatic nitrogens is 3. The lowest BCUT2D eigenvalue weighted by Gasteiger charge is -2.30. The van der Waals surface area contributed by atoms with E-state index in [4.69, 9.17) is 0 Å². The van der Waals surface area contributed by atoms with Crippen molar-refractivity contribution in [3.63, 3.8) is 0 Å². The molecular weight excluding hydrogens is 437 g/mol. The fraction of sp³-hybridized carbons (Fsp3) is 0.273. The van der Waals surface area contributed by atoms with Crippen molar-refractivity contribution in [2.45, 2.75) is 33.2 Å². The first-order valence-electron chi connectivity index (χ1n) is 10.1. The molecule has 2 N–H and O–H groups in total. The summed E-state index contributed by atoms with van der Waals surface area (Å²) in [6.07, 6.45) is -2.91. The Morgan fingerprint density at radius 2 is 1.88 bits per heavy atom. The molecule has 1 aliphatic heterocycles. The molecule has 2 heterocycles. The monoisotopic (exact) mass is 458 g/mol. The van der Waals surface area contributed by atoms with Crippen molar-refractivity contribution in [1.29, 1.82) is 0 Å². The van der Waals surface area contributed by atoms with Crippen LogP contribution in [-0.4, -0.2) is 33.8 Å². The minimum absolute atomic E-state index is 0.169. The number of rotatable bonds is 5. The van der Waals surface area contributed by atoms with Crippen molar-refractivity contribution in [3.8, 4) is 5.75 Å². The average molecular weight is 458 g/mol. The van der Waals surface area contributed by atoms with Crippen LogP contribution in [0.25, 0.3) is 0 Å². The van der Waals surface area contributed by atoms with E-state index in [1.807, 2.05) is 13.0 Å². The lowest BCUT2D eigenvalue weighted by Crippen LogP contribution is -2.33. The van der Waals surface area contributed by atoms with Crippen molar-refractivity contribution in [2.24, 2.45) is 0 Å². The SMILES string of the molecule is CC(=O)Nc1cccc(Nc2ncnc(N3CCc4cccc(OC(F)(F)F)c4C3)n2)c1C. The number of anilines is 4. The van der Waals surface area contributed by atoms with Crippen LogP contribution in [0.5, 0.6) is 5.75 Å². The molecule has 0 fully saturated rings. The summed E-state index contributed by atoms with van der Waals surface area (Å²) in [6.45, 7) is 3.98. The Kier molecular flexibility index (Phi) is 6.03. The first-order chi connectivity index (χ1) is 15.7. The molecule has 1 aliphatic rings. The Labute approximate surface area is 187 Å². The van der Waals surface area contributed by atoms with Gasteiger partial charge in [-0.1, -0.05) is 18.2 Å². The van der Waals surface area contributed by atoms with E-state index in [9.17, 15) is 18.0 Å². The maximum absolute atomic E-state index is 12.8. The van der Waals surface area contributed by atoms with Gasteiger partial charge in [0.25, 0.3) is 0 Å². The summed E-state index contributed by atoms with van der Waals surface area (Å²) in [5, 5.41) is 5.87. The van der Waals surface area contributed by atoms with Gasteiger partial charge in [0.1, 0.15) is 12.1 Å². The van der Waals surface area contributed by atoms with E-state index in [0.29, 0.717) is 35.9 Å². The van der Waals surface area contributed by atoms with Gasteiger partial charge >= 0.3 is 6.36 Å². The molecule has 1 amide bonds. The van der Waals surface area contributed by atoms with E-state index in [1.54, 1.807) is 29.2 Å². The number of carbonyl (C=O) groups excluding carboxylic acids is 1. The van der Waals surface area contributed by atoms with Crippen molar-refractivity contribution in [2.75, 3.05) is 22.1 Å². The van der Waals surface area contributed by atoms with Crippen LogP contribution in [0, 0.1) is 6.92 Å². The third-order valence-electron chi connectivity index (χ3n) is 5.19. The summed E-state index contributed by atoms with van der Waals surface area (Å²) in [6, 6.07) is 10.0. The zero-order chi connectivity index (χ0) is 23.6. The topological polar surface area (TPSA) is 92.3 Å². The number of alkyl halides is 3. The van der Waals surface area contributed by atoms with Crippen LogP contribution in [0.4, 0.5) is 36.4 Å². The van der Waals surface area contributed by atoms with Crippen molar-refractivity contribution in [1.82, 2.24) is 15.0 Å². The molecule has 8 nitrogen and oxygen atoms in total. The fourth-order valence-electron chi connectivity index (χ4n) is 3.66. The van der Waals surface area contributed by atoms with Crippen LogP contribution in [0.2, 0.25) is 0 Å². The predicted octanol–water partition coefficient (Wildman–Crippen LogP) is 4.34. The van der Waals surface area contributed by atoms with E-state index in [-0.39, 0.29) is 24.1 Å². The Balaban J connectivity index is 1.56. The number of nitrogens with one attached hydrogen (secondary N) is 2. The largest absolute Gasteiger partial charge is 0.573 e. The molecule has 0 saturated heterocycles. The summed E-state index contributed by atoms with van der Waals surface area (Å²) in [4.78, 5) is 26.0. The van der Waals surface area contributed by atoms with Crippen LogP contribution in [0.3, 0.4) is 0 Å². The van der Waals surface area contributed by atoms with Gasteiger partial charge in [-0.2, -0.15) is 4.98 Å². The van der Waals surface area contributed by atoms with E-state index in [1.165, 1.54) is 19.3 Å². The third-order valence-corrected chi connectivity index (χ3v) is 5.19. The number of hydrogen-bond acceptors (Lipinski definition) is 7. The van der Waals surface area contributed by atoms with Crippen molar-refractivity contribution >= 4 is 29.2 Å². The Morgan fingerprint density at radius 1 is 1.12 bits per heavy atom. The molecule has 33 heavy (non-hydrogen) atoms. The van der Waals surface area contributed by atoms with E-state index < -0.39 is 6.36 Å². The fourth-order valence-corrected chi connectivity index (χ4v) is 3.66. The highest BCUT2D eigenvalue weighted by Crippen LogP contribution is 2.33. The van der Waals surface area contributed by atoms with E-state index >= 15 is 0 Å². The van der Waals surface area contributed by atoms with Gasteiger partial charge in [-0.05, 0) is 42.7 Å². The van der Waals surface area contributed by atoms with Gasteiger partial charge in [-0.15, -0.1) is 13.2 Å². The van der Waals surface area contributed by atoms with E-state index in [2.05, 4.69) is 30.3 Å². The number of ether oxygens (including phenoxy) is 1. The first kappa shape index (κ1) is 22.3. The van der Waals surface area contributed by atoms with Crippen LogP contribution in [0.15, 0.2) is 42.7 Å². The summed E-state index contributed by atoms with van der Waals surface area (Å²) < 4.78 is 42.7. The quantitative estimate of drug-likeness (QED) is 0.588. The van der Waals surface area contributed by atoms with Crippen LogP contribution >= 0.6 is 0 Å². The van der Waals surface area contributed by atoms with Gasteiger partial charge in [-0.25, -0.2) is 9.97 Å². The standard InChI is InChI=1S/C22H21F3N6O2/c1-13-17(28-14(2)32)6-4-7-18(13)29-20-26-12-27-21(30-20)31-10-9-15-5-3-8-19(16(15)11-31)33-22(23,24)25/h3-8,12H,9-11H2,1-2H3,(H,28,32)(H,26,27,29,30). The second-order valence-corrected chi connectivity index (χ2v) is 7.51. The predicted molar refractivity (Wildman–Crippen MR) is 116 cm³/mol. The Bertz CT molecular complexity index is 1190. The molecular formula is C22H21F3N6O2. The normalized spacial score (nSPS) is 13.3. The van der Waals surface area contributed by atoms with Crippen molar-refractivity contribution in [3.05, 3.63) is 59.4 Å². The van der Waals surface area contributed by atoms with Gasteiger partial charge in [0.2, 0.25) is 17.8 Å². The lowest BCUT2D eigenvalue weighted by atomic mass is 9.99. The number of fused-ring (bicyclic) bond motifs is 1. The number of amides is 1. The van der Waals surface area contributed by atoms with Crippen LogP contribution < -0.4 is 20.3 Å². The zero-order valence-electron chi connectivity index (χ0n) is 17.9. The van der Waals surface area contributed by atoms with Crippen LogP contribution in [0.1, 0.15) is 23.6 Å². The minimum atomic E-state index is -4.77. The molecule has 2 aromatic carbocycles. The molecule has 0 atom stereocenters. The van der Waals surface area contributed by atoms with Crippen molar-refractivity contribution < 1.29 is 22.7 Å². The average Bonchev–Trinajstić information content (AvgIpc) is 2.75. The van der Waals surface area contributed by atoms with Gasteiger partial charge in [0, 0.05) is 37.0 Å².